The van der Waals surface area contributed by atoms with E-state index in [9.17, 15) is 0 Å². The molecular weight excluding hydrogens is 268 g/mol. The molecule has 2 rings (SSSR count). The Labute approximate surface area is 113 Å². The number of nitrogens with two attached hydrogens (primary N) is 3. The van der Waals surface area contributed by atoms with Gasteiger partial charge in [-0.3, -0.25) is 0 Å². The average Bonchev–Trinajstić information content (AvgIpc) is 2.81. The minimum Gasteiger partial charge on any atom is -0.370 e. The van der Waals surface area contributed by atoms with Gasteiger partial charge in [0.05, 0.1) is 11.4 Å². The number of aliphatic imine (C=N–C) groups is 2. The molecule has 0 atom stereocenters. The first-order valence-electron chi connectivity index (χ1n) is 5.14. The minimum absolute atomic E-state index is 0.0800. The van der Waals surface area contributed by atoms with Gasteiger partial charge in [-0.25, -0.2) is 14.7 Å². The van der Waals surface area contributed by atoms with E-state index >= 15 is 0 Å². The molecule has 0 saturated heterocycles. The molecule has 9 heteroatoms. The summed E-state index contributed by atoms with van der Waals surface area (Å²) in [5, 5.41) is 4.51. The largest absolute Gasteiger partial charge is 0.370 e. The van der Waals surface area contributed by atoms with Crippen molar-refractivity contribution in [2.24, 2.45) is 27.2 Å². The van der Waals surface area contributed by atoms with E-state index in [1.54, 1.807) is 18.2 Å². The van der Waals surface area contributed by atoms with Gasteiger partial charge in [-0.1, -0.05) is 11.6 Å². The van der Waals surface area contributed by atoms with Crippen LogP contribution < -0.4 is 17.2 Å². The van der Waals surface area contributed by atoms with Crippen molar-refractivity contribution >= 4 is 29.2 Å². The zero-order chi connectivity index (χ0) is 13.8. The summed E-state index contributed by atoms with van der Waals surface area (Å²) in [5.41, 5.74) is 17.2. The van der Waals surface area contributed by atoms with Gasteiger partial charge in [-0.05, 0) is 18.2 Å². The van der Waals surface area contributed by atoms with Gasteiger partial charge in [0.1, 0.15) is 12.7 Å². The smallest absolute Gasteiger partial charge is 0.223 e. The third-order valence-electron chi connectivity index (χ3n) is 2.08. The lowest BCUT2D eigenvalue weighted by Gasteiger charge is -2.05. The summed E-state index contributed by atoms with van der Waals surface area (Å²) in [4.78, 5) is 11.6. The van der Waals surface area contributed by atoms with Crippen LogP contribution in [0, 0.1) is 0 Å². The van der Waals surface area contributed by atoms with Crippen LogP contribution in [0.25, 0.3) is 5.69 Å². The molecule has 1 aromatic carbocycles. The van der Waals surface area contributed by atoms with Crippen LogP contribution in [-0.4, -0.2) is 26.7 Å². The highest BCUT2D eigenvalue weighted by Crippen LogP contribution is 2.26. The molecule has 0 saturated carbocycles. The van der Waals surface area contributed by atoms with Crippen LogP contribution in [0.15, 0.2) is 40.8 Å². The lowest BCUT2D eigenvalue weighted by atomic mass is 10.2. The topological polar surface area (TPSA) is 133 Å². The first-order valence-corrected chi connectivity index (χ1v) is 5.52. The Hall–Kier alpha value is -2.61. The van der Waals surface area contributed by atoms with E-state index in [1.165, 1.54) is 17.3 Å². The van der Waals surface area contributed by atoms with Crippen LogP contribution in [-0.2, 0) is 0 Å². The Balaban J connectivity index is 2.50. The molecule has 0 bridgehead atoms. The maximum atomic E-state index is 5.93. The summed E-state index contributed by atoms with van der Waals surface area (Å²) < 4.78 is 1.53. The monoisotopic (exact) mass is 278 g/mol. The normalized spacial score (nSPS) is 11.3. The molecule has 6 N–H and O–H groups in total. The minimum atomic E-state index is -0.175. The predicted molar refractivity (Wildman–Crippen MR) is 73.5 cm³/mol. The molecule has 8 nitrogen and oxygen atoms in total. The van der Waals surface area contributed by atoms with Gasteiger partial charge in [-0.2, -0.15) is 10.1 Å². The standard InChI is InChI=1S/C10H11ClN8/c11-6-1-2-8(19-5-15-4-16-19)7(3-6)17-10(14)18-9(12)13/h1-5H,(H6,12,13,14,17,18). The van der Waals surface area contributed by atoms with Crippen molar-refractivity contribution in [3.05, 3.63) is 35.9 Å². The molecule has 98 valence electrons. The van der Waals surface area contributed by atoms with Crippen molar-refractivity contribution in [2.75, 3.05) is 0 Å². The fourth-order valence-corrected chi connectivity index (χ4v) is 1.56. The Kier molecular flexibility index (Phi) is 3.62. The highest BCUT2D eigenvalue weighted by molar-refractivity contribution is 6.31. The second-order valence-electron chi connectivity index (χ2n) is 3.48. The van der Waals surface area contributed by atoms with Crippen molar-refractivity contribution in [2.45, 2.75) is 0 Å². The molecule has 0 unspecified atom stereocenters. The number of nitrogens with zero attached hydrogens (tertiary/aromatic N) is 5. The number of hydrogen-bond donors (Lipinski definition) is 3. The molecule has 0 aliphatic heterocycles. The molecule has 1 heterocycles. The number of guanidine groups is 2. The lowest BCUT2D eigenvalue weighted by molar-refractivity contribution is 0.879. The molecule has 0 spiro atoms. The van der Waals surface area contributed by atoms with Crippen molar-refractivity contribution in [3.63, 3.8) is 0 Å². The summed E-state index contributed by atoms with van der Waals surface area (Å²) >= 11 is 5.93. The third-order valence-corrected chi connectivity index (χ3v) is 2.32. The van der Waals surface area contributed by atoms with Gasteiger partial charge in [0.2, 0.25) is 5.96 Å². The number of aromatic nitrogens is 3. The van der Waals surface area contributed by atoms with E-state index in [4.69, 9.17) is 28.8 Å². The molecular formula is C10H11ClN8. The zero-order valence-electron chi connectivity index (χ0n) is 9.73. The van der Waals surface area contributed by atoms with Crippen molar-refractivity contribution in [1.29, 1.82) is 0 Å². The van der Waals surface area contributed by atoms with Gasteiger partial charge < -0.3 is 17.2 Å². The van der Waals surface area contributed by atoms with Gasteiger partial charge >= 0.3 is 0 Å². The van der Waals surface area contributed by atoms with Gasteiger partial charge in [0, 0.05) is 5.02 Å². The van der Waals surface area contributed by atoms with Gasteiger partial charge in [0.15, 0.2) is 5.96 Å². The summed E-state index contributed by atoms with van der Waals surface area (Å²) in [7, 11) is 0. The SMILES string of the molecule is NC(N)=NC(N)=Nc1cc(Cl)ccc1-n1cncn1. The van der Waals surface area contributed by atoms with Crippen LogP contribution >= 0.6 is 11.6 Å². The molecule has 2 aromatic rings. The van der Waals surface area contributed by atoms with E-state index in [-0.39, 0.29) is 11.9 Å². The maximum Gasteiger partial charge on any atom is 0.223 e. The van der Waals surface area contributed by atoms with Crippen LogP contribution in [0.2, 0.25) is 5.02 Å². The fraction of sp³-hybridized carbons (Fsp3) is 0. The predicted octanol–water partition coefficient (Wildman–Crippen LogP) is 0.140. The summed E-state index contributed by atoms with van der Waals surface area (Å²) in [6.45, 7) is 0. The Morgan fingerprint density at radius 3 is 2.68 bits per heavy atom. The van der Waals surface area contributed by atoms with Crippen molar-refractivity contribution in [3.8, 4) is 5.69 Å². The zero-order valence-corrected chi connectivity index (χ0v) is 10.5. The molecule has 0 fully saturated rings. The van der Waals surface area contributed by atoms with Crippen LogP contribution in [0.3, 0.4) is 0 Å². The number of halogens is 1. The van der Waals surface area contributed by atoms with Crippen molar-refractivity contribution < 1.29 is 0 Å². The first-order chi connectivity index (χ1) is 9.06. The quantitative estimate of drug-likeness (QED) is 0.531. The van der Waals surface area contributed by atoms with Gasteiger partial charge in [-0.15, -0.1) is 0 Å². The summed E-state index contributed by atoms with van der Waals surface area (Å²) in [6.07, 6.45) is 2.93. The van der Waals surface area contributed by atoms with Crippen LogP contribution in [0.1, 0.15) is 0 Å². The van der Waals surface area contributed by atoms with Gasteiger partial charge in [0.25, 0.3) is 0 Å². The average molecular weight is 279 g/mol. The lowest BCUT2D eigenvalue weighted by Crippen LogP contribution is -2.26. The van der Waals surface area contributed by atoms with E-state index < -0.39 is 0 Å². The first kappa shape index (κ1) is 12.8. The van der Waals surface area contributed by atoms with E-state index in [0.29, 0.717) is 16.4 Å². The Bertz CT molecular complexity index is 627. The highest BCUT2D eigenvalue weighted by atomic mass is 35.5. The van der Waals surface area contributed by atoms with E-state index in [1.807, 2.05) is 0 Å². The fourth-order valence-electron chi connectivity index (χ4n) is 1.39. The molecule has 0 aliphatic carbocycles. The van der Waals surface area contributed by atoms with Crippen LogP contribution in [0.5, 0.6) is 0 Å². The second kappa shape index (κ2) is 5.36. The summed E-state index contributed by atoms with van der Waals surface area (Å²) in [6, 6.07) is 5.06. The molecule has 1 aromatic heterocycles. The number of benzene rings is 1. The summed E-state index contributed by atoms with van der Waals surface area (Å²) in [5.74, 6) is -0.255. The third kappa shape index (κ3) is 3.19. The van der Waals surface area contributed by atoms with E-state index in [0.717, 1.165) is 0 Å². The van der Waals surface area contributed by atoms with Crippen molar-refractivity contribution in [1.82, 2.24) is 14.8 Å². The molecule has 0 radical (unpaired) electrons. The number of rotatable bonds is 2. The Morgan fingerprint density at radius 1 is 1.26 bits per heavy atom. The highest BCUT2D eigenvalue weighted by Gasteiger charge is 2.06. The molecule has 19 heavy (non-hydrogen) atoms. The maximum absolute atomic E-state index is 5.93. The Morgan fingerprint density at radius 2 is 2.05 bits per heavy atom. The second-order valence-corrected chi connectivity index (χ2v) is 3.92. The van der Waals surface area contributed by atoms with Crippen LogP contribution in [0.4, 0.5) is 5.69 Å². The molecule has 0 amide bonds. The molecule has 0 aliphatic rings. The number of hydrogen-bond acceptors (Lipinski definition) is 3. The van der Waals surface area contributed by atoms with E-state index in [2.05, 4.69) is 20.1 Å².